The van der Waals surface area contributed by atoms with E-state index in [1.807, 2.05) is 6.92 Å². The SMILES string of the molecule is CCCC(F)CC(F)CC(F)CC. The molecule has 0 amide bonds. The number of hydrogen-bond donors (Lipinski definition) is 0. The van der Waals surface area contributed by atoms with E-state index in [4.69, 9.17) is 0 Å². The van der Waals surface area contributed by atoms with E-state index in [0.29, 0.717) is 19.3 Å². The first-order chi connectivity index (χ1) is 6.10. The lowest BCUT2D eigenvalue weighted by Gasteiger charge is -2.12. The van der Waals surface area contributed by atoms with Gasteiger partial charge in [-0.25, -0.2) is 13.2 Å². The van der Waals surface area contributed by atoms with E-state index >= 15 is 0 Å². The first-order valence-corrected chi connectivity index (χ1v) is 5.02. The Kier molecular flexibility index (Phi) is 7.10. The Labute approximate surface area is 78.5 Å². The highest BCUT2D eigenvalue weighted by atomic mass is 19.2. The predicted octanol–water partition coefficient (Wildman–Crippen LogP) is 3.99. The number of alkyl halides is 3. The molecule has 3 unspecified atom stereocenters. The summed E-state index contributed by atoms with van der Waals surface area (Å²) in [6.45, 7) is 3.51. The average molecular weight is 196 g/mol. The zero-order valence-corrected chi connectivity index (χ0v) is 8.40. The molecule has 80 valence electrons. The Morgan fingerprint density at radius 2 is 1.38 bits per heavy atom. The maximum absolute atomic E-state index is 12.9. The third kappa shape index (κ3) is 6.91. The van der Waals surface area contributed by atoms with Crippen LogP contribution in [0.15, 0.2) is 0 Å². The molecular weight excluding hydrogens is 177 g/mol. The number of hydrogen-bond acceptors (Lipinski definition) is 0. The van der Waals surface area contributed by atoms with Gasteiger partial charge in [-0.05, 0) is 12.8 Å². The topological polar surface area (TPSA) is 0 Å². The molecule has 0 aromatic rings. The summed E-state index contributed by atoms with van der Waals surface area (Å²) in [6, 6.07) is 0. The molecule has 0 nitrogen and oxygen atoms in total. The standard InChI is InChI=1S/C10H19F3/c1-3-5-9(12)7-10(13)6-8(11)4-2/h8-10H,3-7H2,1-2H3. The molecular formula is C10H19F3. The van der Waals surface area contributed by atoms with Crippen molar-refractivity contribution in [2.75, 3.05) is 0 Å². The Bertz CT molecular complexity index is 117. The molecule has 0 radical (unpaired) electrons. The van der Waals surface area contributed by atoms with Crippen LogP contribution in [-0.2, 0) is 0 Å². The molecule has 0 aromatic heterocycles. The highest BCUT2D eigenvalue weighted by molar-refractivity contribution is 4.67. The normalized spacial score (nSPS) is 18.2. The Hall–Kier alpha value is -0.210. The van der Waals surface area contributed by atoms with Gasteiger partial charge in [-0.3, -0.25) is 0 Å². The Morgan fingerprint density at radius 1 is 0.846 bits per heavy atom. The van der Waals surface area contributed by atoms with Gasteiger partial charge in [0.25, 0.3) is 0 Å². The minimum atomic E-state index is -1.32. The van der Waals surface area contributed by atoms with Crippen molar-refractivity contribution in [3.63, 3.8) is 0 Å². The second-order valence-corrected chi connectivity index (χ2v) is 3.46. The van der Waals surface area contributed by atoms with Gasteiger partial charge in [0.15, 0.2) is 0 Å². The lowest BCUT2D eigenvalue weighted by molar-refractivity contribution is 0.162. The van der Waals surface area contributed by atoms with Crippen LogP contribution in [0, 0.1) is 0 Å². The molecule has 0 aliphatic rings. The van der Waals surface area contributed by atoms with Crippen LogP contribution in [0.1, 0.15) is 46.0 Å². The highest BCUT2D eigenvalue weighted by Crippen LogP contribution is 2.17. The molecule has 0 saturated carbocycles. The summed E-state index contributed by atoms with van der Waals surface area (Å²) >= 11 is 0. The van der Waals surface area contributed by atoms with Crippen molar-refractivity contribution in [1.82, 2.24) is 0 Å². The molecule has 0 bridgehead atoms. The minimum absolute atomic E-state index is 0.145. The fourth-order valence-corrected chi connectivity index (χ4v) is 1.25. The molecule has 0 fully saturated rings. The van der Waals surface area contributed by atoms with E-state index in [9.17, 15) is 13.2 Å². The maximum Gasteiger partial charge on any atom is 0.106 e. The number of halogens is 3. The van der Waals surface area contributed by atoms with Crippen LogP contribution in [0.2, 0.25) is 0 Å². The second kappa shape index (κ2) is 7.22. The van der Waals surface area contributed by atoms with Crippen molar-refractivity contribution in [2.45, 2.75) is 64.5 Å². The zero-order valence-electron chi connectivity index (χ0n) is 8.40. The molecule has 0 N–H and O–H groups in total. The Morgan fingerprint density at radius 3 is 1.85 bits per heavy atom. The third-order valence-electron chi connectivity index (χ3n) is 2.07. The lowest BCUT2D eigenvalue weighted by atomic mass is 10.0. The van der Waals surface area contributed by atoms with Gasteiger partial charge in [0.05, 0.1) is 0 Å². The van der Waals surface area contributed by atoms with Gasteiger partial charge in [0, 0.05) is 12.8 Å². The zero-order chi connectivity index (χ0) is 10.3. The summed E-state index contributed by atoms with van der Waals surface area (Å²) in [7, 11) is 0. The van der Waals surface area contributed by atoms with E-state index in [0.717, 1.165) is 0 Å². The van der Waals surface area contributed by atoms with Crippen LogP contribution in [0.5, 0.6) is 0 Å². The quantitative estimate of drug-likeness (QED) is 0.577. The lowest BCUT2D eigenvalue weighted by Crippen LogP contribution is -2.15. The van der Waals surface area contributed by atoms with Gasteiger partial charge in [-0.2, -0.15) is 0 Å². The summed E-state index contributed by atoms with van der Waals surface area (Å²) in [5.74, 6) is 0. The molecule has 13 heavy (non-hydrogen) atoms. The van der Waals surface area contributed by atoms with Crippen LogP contribution in [-0.4, -0.2) is 18.5 Å². The molecule has 0 rings (SSSR count). The van der Waals surface area contributed by atoms with Crippen molar-refractivity contribution in [1.29, 1.82) is 0 Å². The summed E-state index contributed by atoms with van der Waals surface area (Å²) in [5.41, 5.74) is 0. The van der Waals surface area contributed by atoms with E-state index in [1.54, 1.807) is 6.92 Å². The summed E-state index contributed by atoms with van der Waals surface area (Å²) in [6.07, 6.45) is -2.45. The van der Waals surface area contributed by atoms with Crippen LogP contribution in [0.3, 0.4) is 0 Å². The predicted molar refractivity (Wildman–Crippen MR) is 49.1 cm³/mol. The molecule has 0 aromatic carbocycles. The van der Waals surface area contributed by atoms with Gasteiger partial charge < -0.3 is 0 Å². The molecule has 0 heterocycles. The van der Waals surface area contributed by atoms with Crippen LogP contribution in [0.25, 0.3) is 0 Å². The molecule has 0 saturated heterocycles. The smallest absolute Gasteiger partial charge is 0.106 e. The minimum Gasteiger partial charge on any atom is -0.247 e. The fourth-order valence-electron chi connectivity index (χ4n) is 1.25. The van der Waals surface area contributed by atoms with Crippen molar-refractivity contribution in [3.8, 4) is 0 Å². The van der Waals surface area contributed by atoms with Gasteiger partial charge in [-0.15, -0.1) is 0 Å². The fraction of sp³-hybridized carbons (Fsp3) is 1.00. The van der Waals surface area contributed by atoms with E-state index in [-0.39, 0.29) is 12.8 Å². The van der Waals surface area contributed by atoms with E-state index in [2.05, 4.69) is 0 Å². The maximum atomic E-state index is 12.9. The molecule has 3 atom stereocenters. The van der Waals surface area contributed by atoms with Crippen molar-refractivity contribution < 1.29 is 13.2 Å². The van der Waals surface area contributed by atoms with Crippen molar-refractivity contribution in [3.05, 3.63) is 0 Å². The molecule has 0 spiro atoms. The average Bonchev–Trinajstić information content (AvgIpc) is 2.04. The van der Waals surface area contributed by atoms with Crippen molar-refractivity contribution in [2.24, 2.45) is 0 Å². The Balaban J connectivity index is 3.54. The molecule has 3 heteroatoms. The van der Waals surface area contributed by atoms with Crippen molar-refractivity contribution >= 4 is 0 Å². The first kappa shape index (κ1) is 12.8. The number of rotatable bonds is 7. The summed E-state index contributed by atoms with van der Waals surface area (Å²) < 4.78 is 38.4. The first-order valence-electron chi connectivity index (χ1n) is 5.02. The van der Waals surface area contributed by atoms with E-state index in [1.165, 1.54) is 0 Å². The van der Waals surface area contributed by atoms with Crippen LogP contribution in [0.4, 0.5) is 13.2 Å². The van der Waals surface area contributed by atoms with E-state index < -0.39 is 18.5 Å². The molecule has 0 aliphatic carbocycles. The van der Waals surface area contributed by atoms with Crippen LogP contribution >= 0.6 is 0 Å². The largest absolute Gasteiger partial charge is 0.247 e. The third-order valence-corrected chi connectivity index (χ3v) is 2.07. The molecule has 0 aliphatic heterocycles. The summed E-state index contributed by atoms with van der Waals surface area (Å²) in [5, 5.41) is 0. The van der Waals surface area contributed by atoms with Gasteiger partial charge >= 0.3 is 0 Å². The van der Waals surface area contributed by atoms with Gasteiger partial charge in [0.1, 0.15) is 18.5 Å². The summed E-state index contributed by atoms with van der Waals surface area (Å²) in [4.78, 5) is 0. The second-order valence-electron chi connectivity index (χ2n) is 3.46. The highest BCUT2D eigenvalue weighted by Gasteiger charge is 2.18. The van der Waals surface area contributed by atoms with Gasteiger partial charge in [-0.1, -0.05) is 20.3 Å². The van der Waals surface area contributed by atoms with Crippen LogP contribution < -0.4 is 0 Å². The monoisotopic (exact) mass is 196 g/mol. The van der Waals surface area contributed by atoms with Gasteiger partial charge in [0.2, 0.25) is 0 Å².